The highest BCUT2D eigenvalue weighted by atomic mass is 35.5. The fraction of sp³-hybridized carbons (Fsp3) is 0.304. The van der Waals surface area contributed by atoms with Gasteiger partial charge in [0.2, 0.25) is 0 Å². The van der Waals surface area contributed by atoms with Gasteiger partial charge in [0.25, 0.3) is 11.7 Å². The molecule has 1 amide bonds. The van der Waals surface area contributed by atoms with Crippen LogP contribution < -0.4 is 5.32 Å². The summed E-state index contributed by atoms with van der Waals surface area (Å²) in [6.45, 7) is -0.121. The van der Waals surface area contributed by atoms with Gasteiger partial charge in [-0.2, -0.15) is 13.2 Å². The Hall–Kier alpha value is -2.80. The normalized spacial score (nSPS) is 14.8. The van der Waals surface area contributed by atoms with Crippen LogP contribution in [0, 0.1) is 0 Å². The summed E-state index contributed by atoms with van der Waals surface area (Å²) >= 11 is 5.89. The van der Waals surface area contributed by atoms with Crippen LogP contribution in [-0.4, -0.2) is 22.3 Å². The van der Waals surface area contributed by atoms with Crippen molar-refractivity contribution in [1.82, 2.24) is 9.88 Å². The number of amides is 1. The lowest BCUT2D eigenvalue weighted by atomic mass is 10.0. The van der Waals surface area contributed by atoms with Gasteiger partial charge in [0, 0.05) is 28.5 Å². The molecule has 0 spiro atoms. The van der Waals surface area contributed by atoms with E-state index in [1.807, 2.05) is 0 Å². The lowest BCUT2D eigenvalue weighted by Crippen LogP contribution is -2.38. The summed E-state index contributed by atoms with van der Waals surface area (Å²) in [5.74, 6) is -2.16. The zero-order valence-corrected chi connectivity index (χ0v) is 17.3. The first kappa shape index (κ1) is 21.4. The van der Waals surface area contributed by atoms with Crippen LogP contribution in [0.1, 0.15) is 47.3 Å². The van der Waals surface area contributed by atoms with Crippen LogP contribution in [0.15, 0.2) is 48.5 Å². The molecule has 1 aliphatic carbocycles. The molecule has 1 heterocycles. The van der Waals surface area contributed by atoms with Crippen molar-refractivity contribution < 1.29 is 22.8 Å². The number of para-hydroxylation sites is 1. The van der Waals surface area contributed by atoms with Crippen LogP contribution in [0.5, 0.6) is 0 Å². The van der Waals surface area contributed by atoms with Gasteiger partial charge in [0.15, 0.2) is 0 Å². The second-order valence-corrected chi connectivity index (χ2v) is 8.17. The second-order valence-electron chi connectivity index (χ2n) is 7.74. The third-order valence-corrected chi connectivity index (χ3v) is 5.87. The van der Waals surface area contributed by atoms with Crippen molar-refractivity contribution in [3.8, 4) is 0 Å². The number of aromatic nitrogens is 1. The average molecular weight is 449 g/mol. The molecule has 4 rings (SSSR count). The van der Waals surface area contributed by atoms with Gasteiger partial charge >= 0.3 is 6.18 Å². The summed E-state index contributed by atoms with van der Waals surface area (Å²) in [4.78, 5) is 25.6. The van der Waals surface area contributed by atoms with Crippen LogP contribution in [0.3, 0.4) is 0 Å². The third-order valence-electron chi connectivity index (χ3n) is 5.62. The van der Waals surface area contributed by atoms with Crippen molar-refractivity contribution in [2.45, 2.75) is 44.4 Å². The number of carbonyl (C=O) groups excluding carboxylic acids is 2. The van der Waals surface area contributed by atoms with Crippen molar-refractivity contribution in [3.05, 3.63) is 70.4 Å². The smallest absolute Gasteiger partial charge is 0.346 e. The Morgan fingerprint density at radius 1 is 1.03 bits per heavy atom. The Morgan fingerprint density at radius 2 is 1.68 bits per heavy atom. The fourth-order valence-corrected chi connectivity index (χ4v) is 4.33. The molecule has 1 aliphatic rings. The lowest BCUT2D eigenvalue weighted by Gasteiger charge is -2.15. The number of nitrogens with one attached hydrogen (secondary N) is 1. The molecular weight excluding hydrogens is 429 g/mol. The van der Waals surface area contributed by atoms with E-state index in [0.29, 0.717) is 10.6 Å². The Bertz CT molecular complexity index is 1130. The summed E-state index contributed by atoms with van der Waals surface area (Å²) in [6, 6.07) is 12.4. The summed E-state index contributed by atoms with van der Waals surface area (Å²) in [5.41, 5.74) is -0.894. The van der Waals surface area contributed by atoms with Crippen LogP contribution >= 0.6 is 11.6 Å². The van der Waals surface area contributed by atoms with Crippen LogP contribution in [0.25, 0.3) is 10.9 Å². The summed E-state index contributed by atoms with van der Waals surface area (Å²) in [6.07, 6.45) is -1.53. The highest BCUT2D eigenvalue weighted by Crippen LogP contribution is 2.39. The SMILES string of the molecule is O=C(NC1CCCC1)C(=O)c1c(C(F)(F)F)n(Cc2ccc(Cl)cc2)c2ccccc12. The maximum atomic E-state index is 14.2. The number of hydrogen-bond acceptors (Lipinski definition) is 2. The molecule has 31 heavy (non-hydrogen) atoms. The molecule has 1 saturated carbocycles. The molecule has 3 aromatic rings. The van der Waals surface area contributed by atoms with Crippen molar-refractivity contribution in [2.24, 2.45) is 0 Å². The minimum absolute atomic E-state index is 0.107. The summed E-state index contributed by atoms with van der Waals surface area (Å²) < 4.78 is 43.7. The maximum Gasteiger partial charge on any atom is 0.432 e. The van der Waals surface area contributed by atoms with Gasteiger partial charge in [-0.05, 0) is 36.6 Å². The Kier molecular flexibility index (Phi) is 5.79. The maximum absolute atomic E-state index is 14.2. The number of nitrogens with zero attached hydrogens (tertiary/aromatic N) is 1. The molecule has 2 aromatic carbocycles. The van der Waals surface area contributed by atoms with E-state index in [1.165, 1.54) is 12.1 Å². The van der Waals surface area contributed by atoms with E-state index in [9.17, 15) is 22.8 Å². The summed E-state index contributed by atoms with van der Waals surface area (Å²) in [7, 11) is 0. The first-order chi connectivity index (χ1) is 14.8. The van der Waals surface area contributed by atoms with Gasteiger partial charge in [-0.25, -0.2) is 0 Å². The average Bonchev–Trinajstić information content (AvgIpc) is 3.35. The van der Waals surface area contributed by atoms with Gasteiger partial charge < -0.3 is 9.88 Å². The van der Waals surface area contributed by atoms with Crippen molar-refractivity contribution in [3.63, 3.8) is 0 Å². The highest BCUT2D eigenvalue weighted by Gasteiger charge is 2.42. The molecule has 4 nitrogen and oxygen atoms in total. The van der Waals surface area contributed by atoms with Crippen molar-refractivity contribution in [1.29, 1.82) is 0 Å². The third kappa shape index (κ3) is 4.32. The fourth-order valence-electron chi connectivity index (χ4n) is 4.20. The van der Waals surface area contributed by atoms with E-state index in [2.05, 4.69) is 5.32 Å². The van der Waals surface area contributed by atoms with Gasteiger partial charge in [0.1, 0.15) is 5.69 Å². The Labute approximate surface area is 182 Å². The van der Waals surface area contributed by atoms with E-state index in [1.54, 1.807) is 36.4 Å². The van der Waals surface area contributed by atoms with Gasteiger partial charge in [-0.3, -0.25) is 9.59 Å². The number of halogens is 4. The number of ketones is 1. The minimum Gasteiger partial charge on any atom is -0.346 e. The predicted molar refractivity (Wildman–Crippen MR) is 112 cm³/mol. The number of benzene rings is 2. The monoisotopic (exact) mass is 448 g/mol. The van der Waals surface area contributed by atoms with E-state index >= 15 is 0 Å². The molecule has 0 bridgehead atoms. The molecule has 0 radical (unpaired) electrons. The first-order valence-corrected chi connectivity index (χ1v) is 10.4. The number of carbonyl (C=O) groups is 2. The molecule has 0 aliphatic heterocycles. The largest absolute Gasteiger partial charge is 0.432 e. The zero-order valence-electron chi connectivity index (χ0n) is 16.5. The molecule has 0 saturated heterocycles. The Morgan fingerprint density at radius 3 is 2.32 bits per heavy atom. The topological polar surface area (TPSA) is 51.1 Å². The predicted octanol–water partition coefficient (Wildman–Crippen LogP) is 5.60. The molecule has 0 unspecified atom stereocenters. The quantitative estimate of drug-likeness (QED) is 0.408. The van der Waals surface area contributed by atoms with Gasteiger partial charge in [-0.15, -0.1) is 0 Å². The number of fused-ring (bicyclic) bond motifs is 1. The standard InChI is InChI=1S/C23H20ClF3N2O2/c24-15-11-9-14(10-12-15)13-29-18-8-4-3-7-17(18)19(21(29)23(25,26)27)20(30)22(31)28-16-5-1-2-6-16/h3-4,7-12,16H,1-2,5-6,13H2,(H,28,31). The molecule has 162 valence electrons. The van der Waals surface area contributed by atoms with E-state index in [0.717, 1.165) is 30.3 Å². The number of Topliss-reactive ketones (excluding diaryl/α,β-unsaturated/α-hetero) is 1. The van der Waals surface area contributed by atoms with Crippen LogP contribution in [0.4, 0.5) is 13.2 Å². The van der Waals surface area contributed by atoms with E-state index in [-0.39, 0.29) is 23.5 Å². The van der Waals surface area contributed by atoms with Crippen LogP contribution in [-0.2, 0) is 17.5 Å². The molecule has 0 atom stereocenters. The number of rotatable bonds is 5. The Balaban J connectivity index is 1.83. The highest BCUT2D eigenvalue weighted by molar-refractivity contribution is 6.45. The van der Waals surface area contributed by atoms with Gasteiger partial charge in [0.05, 0.1) is 5.56 Å². The molecule has 1 N–H and O–H groups in total. The molecular formula is C23H20ClF3N2O2. The van der Waals surface area contributed by atoms with Crippen molar-refractivity contribution in [2.75, 3.05) is 0 Å². The molecule has 1 aromatic heterocycles. The number of hydrogen-bond donors (Lipinski definition) is 1. The zero-order chi connectivity index (χ0) is 22.2. The molecule has 8 heteroatoms. The van der Waals surface area contributed by atoms with E-state index in [4.69, 9.17) is 11.6 Å². The first-order valence-electron chi connectivity index (χ1n) is 10.0. The van der Waals surface area contributed by atoms with E-state index < -0.39 is 29.1 Å². The summed E-state index contributed by atoms with van der Waals surface area (Å²) in [5, 5.41) is 3.18. The van der Waals surface area contributed by atoms with Gasteiger partial charge in [-0.1, -0.05) is 54.8 Å². The number of alkyl halides is 3. The minimum atomic E-state index is -4.83. The second kappa shape index (κ2) is 8.38. The molecule has 1 fully saturated rings. The van der Waals surface area contributed by atoms with Crippen LogP contribution in [0.2, 0.25) is 5.02 Å². The van der Waals surface area contributed by atoms with Crippen molar-refractivity contribution >= 4 is 34.2 Å². The lowest BCUT2D eigenvalue weighted by molar-refractivity contribution is -0.143.